The van der Waals surface area contributed by atoms with Crippen LogP contribution in [0.5, 0.6) is 0 Å². The van der Waals surface area contributed by atoms with Gasteiger partial charge in [-0.3, -0.25) is 9.48 Å². The molecule has 23 heavy (non-hydrogen) atoms. The first-order chi connectivity index (χ1) is 11.1. The number of aromatic nitrogens is 3. The molecule has 6 heteroatoms. The summed E-state index contributed by atoms with van der Waals surface area (Å²) in [5.41, 5.74) is 2.69. The molecule has 0 aliphatic carbocycles. The molecule has 5 nitrogen and oxygen atoms in total. The van der Waals surface area contributed by atoms with Crippen molar-refractivity contribution in [2.75, 3.05) is 6.54 Å². The molecule has 0 bridgehead atoms. The molecule has 1 aliphatic rings. The van der Waals surface area contributed by atoms with Crippen LogP contribution in [-0.4, -0.2) is 32.1 Å². The van der Waals surface area contributed by atoms with Crippen LogP contribution in [0.4, 0.5) is 0 Å². The van der Waals surface area contributed by atoms with Crippen LogP contribution in [0.25, 0.3) is 10.9 Å². The lowest BCUT2D eigenvalue weighted by Crippen LogP contribution is -2.30. The topological polar surface area (TPSA) is 53.9 Å². The van der Waals surface area contributed by atoms with Gasteiger partial charge in [0.25, 0.3) is 5.91 Å². The molecular formula is C17H17ClN4O. The summed E-state index contributed by atoms with van der Waals surface area (Å²) in [6.07, 6.45) is 7.61. The van der Waals surface area contributed by atoms with E-state index in [0.717, 1.165) is 35.9 Å². The molecule has 118 valence electrons. The number of nitrogens with one attached hydrogen (secondary N) is 1. The fourth-order valence-electron chi connectivity index (χ4n) is 3.40. The fraction of sp³-hybridized carbons (Fsp3) is 0.294. The Balaban J connectivity index is 1.69. The fourth-order valence-corrected chi connectivity index (χ4v) is 3.57. The minimum Gasteiger partial charge on any atom is -0.360 e. The number of fused-ring (bicyclic) bond motifs is 1. The van der Waals surface area contributed by atoms with E-state index < -0.39 is 0 Å². The molecule has 1 aromatic carbocycles. The van der Waals surface area contributed by atoms with Gasteiger partial charge >= 0.3 is 0 Å². The smallest absolute Gasteiger partial charge is 0.256 e. The summed E-state index contributed by atoms with van der Waals surface area (Å²) in [6.45, 7) is 0.776. The number of carbonyl (C=O) groups excluding carboxylic acids is 1. The van der Waals surface area contributed by atoms with Crippen molar-refractivity contribution in [2.45, 2.75) is 18.9 Å². The number of hydrogen-bond acceptors (Lipinski definition) is 2. The molecule has 4 rings (SSSR count). The van der Waals surface area contributed by atoms with Gasteiger partial charge in [0.1, 0.15) is 0 Å². The Bertz CT molecular complexity index is 882. The summed E-state index contributed by atoms with van der Waals surface area (Å²) in [5, 5.41) is 5.81. The highest BCUT2D eigenvalue weighted by Gasteiger charge is 2.32. The molecule has 3 aromatic rings. The Morgan fingerprint density at radius 1 is 1.43 bits per heavy atom. The maximum atomic E-state index is 13.0. The number of aryl methyl sites for hydroxylation is 1. The van der Waals surface area contributed by atoms with Gasteiger partial charge in [-0.2, -0.15) is 5.10 Å². The molecule has 1 fully saturated rings. The molecule has 1 N–H and O–H groups in total. The van der Waals surface area contributed by atoms with Gasteiger partial charge in [-0.25, -0.2) is 0 Å². The predicted molar refractivity (Wildman–Crippen MR) is 89.5 cm³/mol. The van der Waals surface area contributed by atoms with E-state index in [1.165, 1.54) is 0 Å². The lowest BCUT2D eigenvalue weighted by molar-refractivity contribution is 0.0737. The van der Waals surface area contributed by atoms with Crippen LogP contribution < -0.4 is 0 Å². The number of benzene rings is 1. The lowest BCUT2D eigenvalue weighted by atomic mass is 10.1. The highest BCUT2D eigenvalue weighted by atomic mass is 35.5. The first-order valence-electron chi connectivity index (χ1n) is 7.69. The first-order valence-corrected chi connectivity index (χ1v) is 8.07. The minimum atomic E-state index is 0.0601. The van der Waals surface area contributed by atoms with Gasteiger partial charge in [0.15, 0.2) is 0 Å². The van der Waals surface area contributed by atoms with Gasteiger partial charge in [0.2, 0.25) is 0 Å². The van der Waals surface area contributed by atoms with Crippen LogP contribution in [0.3, 0.4) is 0 Å². The summed E-state index contributed by atoms with van der Waals surface area (Å²) >= 11 is 6.02. The van der Waals surface area contributed by atoms with Crippen LogP contribution in [0.15, 0.2) is 36.8 Å². The Hall–Kier alpha value is -2.27. The van der Waals surface area contributed by atoms with Crippen LogP contribution in [0, 0.1) is 0 Å². The van der Waals surface area contributed by atoms with E-state index in [-0.39, 0.29) is 11.9 Å². The Kier molecular flexibility index (Phi) is 3.38. The van der Waals surface area contributed by atoms with Crippen molar-refractivity contribution in [2.24, 2.45) is 7.05 Å². The van der Waals surface area contributed by atoms with Crippen molar-refractivity contribution in [3.63, 3.8) is 0 Å². The van der Waals surface area contributed by atoms with Crippen molar-refractivity contribution in [3.05, 3.63) is 52.9 Å². The van der Waals surface area contributed by atoms with E-state index in [4.69, 9.17) is 11.6 Å². The molecule has 1 aliphatic heterocycles. The molecule has 0 radical (unpaired) electrons. The number of rotatable bonds is 2. The maximum absolute atomic E-state index is 13.0. The molecule has 1 unspecified atom stereocenters. The van der Waals surface area contributed by atoms with Crippen molar-refractivity contribution in [1.82, 2.24) is 19.7 Å². The SMILES string of the molecule is Cn1cc(C2CCCN2C(=O)c2c[nH]c3cc(Cl)ccc23)cn1. The summed E-state index contributed by atoms with van der Waals surface area (Å²) < 4.78 is 1.78. The second-order valence-electron chi connectivity index (χ2n) is 6.00. The van der Waals surface area contributed by atoms with E-state index in [1.807, 2.05) is 42.5 Å². The van der Waals surface area contributed by atoms with Gasteiger partial charge in [-0.15, -0.1) is 0 Å². The number of aromatic amines is 1. The van der Waals surface area contributed by atoms with E-state index >= 15 is 0 Å². The van der Waals surface area contributed by atoms with Crippen molar-refractivity contribution < 1.29 is 4.79 Å². The number of nitrogens with zero attached hydrogens (tertiary/aromatic N) is 3. The number of hydrogen-bond donors (Lipinski definition) is 1. The van der Waals surface area contributed by atoms with E-state index in [9.17, 15) is 4.79 Å². The largest absolute Gasteiger partial charge is 0.360 e. The number of H-pyrrole nitrogens is 1. The highest BCUT2D eigenvalue weighted by Crippen LogP contribution is 2.34. The lowest BCUT2D eigenvalue weighted by Gasteiger charge is -2.23. The van der Waals surface area contributed by atoms with E-state index in [1.54, 1.807) is 10.9 Å². The Morgan fingerprint density at radius 2 is 2.30 bits per heavy atom. The van der Waals surface area contributed by atoms with Crippen LogP contribution >= 0.6 is 11.6 Å². The van der Waals surface area contributed by atoms with Gasteiger partial charge in [0, 0.05) is 47.5 Å². The third-order valence-corrected chi connectivity index (χ3v) is 4.73. The van der Waals surface area contributed by atoms with Crippen LogP contribution in [-0.2, 0) is 7.05 Å². The Labute approximate surface area is 138 Å². The Morgan fingerprint density at radius 3 is 3.09 bits per heavy atom. The zero-order valence-corrected chi connectivity index (χ0v) is 13.5. The average Bonchev–Trinajstić information content (AvgIpc) is 3.23. The molecule has 0 saturated carbocycles. The van der Waals surface area contributed by atoms with Crippen LogP contribution in [0.1, 0.15) is 34.8 Å². The molecular weight excluding hydrogens is 312 g/mol. The quantitative estimate of drug-likeness (QED) is 0.782. The zero-order chi connectivity index (χ0) is 16.0. The molecule has 3 heterocycles. The highest BCUT2D eigenvalue weighted by molar-refractivity contribution is 6.31. The normalized spacial score (nSPS) is 18.0. The molecule has 2 aromatic heterocycles. The first kappa shape index (κ1) is 14.3. The molecule has 1 atom stereocenters. The molecule has 0 spiro atoms. The second kappa shape index (κ2) is 5.42. The maximum Gasteiger partial charge on any atom is 0.256 e. The second-order valence-corrected chi connectivity index (χ2v) is 6.43. The number of amides is 1. The summed E-state index contributed by atoms with van der Waals surface area (Å²) in [5.74, 6) is 0.0601. The average molecular weight is 329 g/mol. The van der Waals surface area contributed by atoms with E-state index in [2.05, 4.69) is 10.1 Å². The monoisotopic (exact) mass is 328 g/mol. The van der Waals surface area contributed by atoms with E-state index in [0.29, 0.717) is 10.6 Å². The van der Waals surface area contributed by atoms with Crippen molar-refractivity contribution in [3.8, 4) is 0 Å². The van der Waals surface area contributed by atoms with Gasteiger partial charge in [-0.1, -0.05) is 17.7 Å². The third-order valence-electron chi connectivity index (χ3n) is 4.50. The molecule has 1 saturated heterocycles. The number of carbonyl (C=O) groups is 1. The van der Waals surface area contributed by atoms with Gasteiger partial charge in [0.05, 0.1) is 17.8 Å². The third kappa shape index (κ3) is 2.41. The van der Waals surface area contributed by atoms with Gasteiger partial charge < -0.3 is 9.88 Å². The standard InChI is InChI=1S/C17H17ClN4O/c1-21-10-11(8-20-21)16-3-2-6-22(16)17(23)14-9-19-15-7-12(18)4-5-13(14)15/h4-5,7-10,16,19H,2-3,6H2,1H3. The summed E-state index contributed by atoms with van der Waals surface area (Å²) in [6, 6.07) is 5.66. The van der Waals surface area contributed by atoms with Crippen molar-refractivity contribution >= 4 is 28.4 Å². The van der Waals surface area contributed by atoms with Gasteiger partial charge in [-0.05, 0) is 25.0 Å². The summed E-state index contributed by atoms with van der Waals surface area (Å²) in [4.78, 5) is 18.1. The minimum absolute atomic E-state index is 0.0601. The molecule has 1 amide bonds. The van der Waals surface area contributed by atoms with Crippen LogP contribution in [0.2, 0.25) is 5.02 Å². The number of halogens is 1. The number of likely N-dealkylation sites (tertiary alicyclic amines) is 1. The zero-order valence-electron chi connectivity index (χ0n) is 12.8. The predicted octanol–water partition coefficient (Wildman–Crippen LogP) is 3.53. The summed E-state index contributed by atoms with van der Waals surface area (Å²) in [7, 11) is 1.90. The van der Waals surface area contributed by atoms with Crippen molar-refractivity contribution in [1.29, 1.82) is 0 Å².